The zero-order valence-corrected chi connectivity index (χ0v) is 16.8. The van der Waals surface area contributed by atoms with Gasteiger partial charge in [-0.05, 0) is 44.5 Å². The molecule has 27 heavy (non-hydrogen) atoms. The van der Waals surface area contributed by atoms with Crippen LogP contribution in [0.5, 0.6) is 0 Å². The second-order valence-electron chi connectivity index (χ2n) is 6.77. The zero-order valence-electron chi connectivity index (χ0n) is 16.0. The molecule has 1 fully saturated rings. The quantitative estimate of drug-likeness (QED) is 0.371. The summed E-state index contributed by atoms with van der Waals surface area (Å²) >= 11 is 1.39. The number of rotatable bonds is 9. The summed E-state index contributed by atoms with van der Waals surface area (Å²) in [7, 11) is 0. The van der Waals surface area contributed by atoms with Crippen molar-refractivity contribution in [3.05, 3.63) is 36.2 Å². The molecule has 1 aromatic carbocycles. The van der Waals surface area contributed by atoms with Gasteiger partial charge in [-0.2, -0.15) is 0 Å². The molecule has 0 N–H and O–H groups in total. The van der Waals surface area contributed by atoms with Crippen LogP contribution in [0.25, 0.3) is 5.69 Å². The van der Waals surface area contributed by atoms with Gasteiger partial charge in [0.15, 0.2) is 11.0 Å². The molecule has 0 bridgehead atoms. The number of likely N-dealkylation sites (tertiary alicyclic amines) is 1. The molecule has 0 radical (unpaired) electrons. The molecule has 1 aliphatic rings. The van der Waals surface area contributed by atoms with Crippen LogP contribution >= 0.6 is 11.8 Å². The summed E-state index contributed by atoms with van der Waals surface area (Å²) in [6, 6.07) is 10.1. The number of benzene rings is 1. The average molecular weight is 389 g/mol. The van der Waals surface area contributed by atoms with Gasteiger partial charge < -0.3 is 4.74 Å². The second kappa shape index (κ2) is 10.5. The maximum atomic E-state index is 12.0. The number of para-hydroxylation sites is 1. The lowest BCUT2D eigenvalue weighted by Gasteiger charge is -2.26. The Labute approximate surface area is 165 Å². The van der Waals surface area contributed by atoms with Gasteiger partial charge in [0.1, 0.15) is 0 Å². The first-order valence-electron chi connectivity index (χ1n) is 9.78. The van der Waals surface area contributed by atoms with E-state index in [0.717, 1.165) is 49.1 Å². The van der Waals surface area contributed by atoms with E-state index in [-0.39, 0.29) is 11.7 Å². The van der Waals surface area contributed by atoms with Crippen LogP contribution < -0.4 is 0 Å². The summed E-state index contributed by atoms with van der Waals surface area (Å²) in [5.41, 5.74) is 1.02. The smallest absolute Gasteiger partial charge is 0.316 e. The molecule has 0 spiro atoms. The van der Waals surface area contributed by atoms with Gasteiger partial charge in [0.2, 0.25) is 0 Å². The number of ether oxygens (including phenoxy) is 1. The summed E-state index contributed by atoms with van der Waals surface area (Å²) in [5.74, 6) is 0.969. The van der Waals surface area contributed by atoms with Gasteiger partial charge in [-0.15, -0.1) is 10.2 Å². The van der Waals surface area contributed by atoms with Crippen molar-refractivity contribution in [3.63, 3.8) is 0 Å². The van der Waals surface area contributed by atoms with Gasteiger partial charge in [0.25, 0.3) is 0 Å². The minimum Gasteiger partial charge on any atom is -0.465 e. The van der Waals surface area contributed by atoms with E-state index in [1.165, 1.54) is 31.0 Å². The Morgan fingerprint density at radius 2 is 1.93 bits per heavy atom. The molecule has 0 unspecified atom stereocenters. The highest BCUT2D eigenvalue weighted by Crippen LogP contribution is 2.23. The highest BCUT2D eigenvalue weighted by molar-refractivity contribution is 7.99. The summed E-state index contributed by atoms with van der Waals surface area (Å²) in [6.45, 7) is 5.56. The topological polar surface area (TPSA) is 60.2 Å². The number of piperidine rings is 1. The number of hydrogen-bond acceptors (Lipinski definition) is 6. The van der Waals surface area contributed by atoms with Crippen LogP contribution in [-0.2, 0) is 16.1 Å². The molecular formula is C20H28N4O2S. The van der Waals surface area contributed by atoms with E-state index in [0.29, 0.717) is 6.61 Å². The molecule has 1 saturated heterocycles. The standard InChI is InChI=1S/C20H28N4O2S/c1-2-3-14-26-19(25)16-27-20-22-21-18(15-23-12-8-5-9-13-23)24(20)17-10-6-4-7-11-17/h4,6-7,10-11H,2-3,5,8-9,12-16H2,1H3. The summed E-state index contributed by atoms with van der Waals surface area (Å²) in [4.78, 5) is 14.4. The molecule has 0 aliphatic carbocycles. The summed E-state index contributed by atoms with van der Waals surface area (Å²) in [5, 5.41) is 9.54. The minimum absolute atomic E-state index is 0.200. The molecule has 7 heteroatoms. The van der Waals surface area contributed by atoms with Crippen LogP contribution in [-0.4, -0.2) is 51.1 Å². The van der Waals surface area contributed by atoms with Crippen LogP contribution in [0.1, 0.15) is 44.9 Å². The van der Waals surface area contributed by atoms with Crippen molar-refractivity contribution in [2.24, 2.45) is 0 Å². The van der Waals surface area contributed by atoms with Gasteiger partial charge in [-0.1, -0.05) is 49.7 Å². The Morgan fingerprint density at radius 3 is 2.67 bits per heavy atom. The zero-order chi connectivity index (χ0) is 18.9. The average Bonchev–Trinajstić information content (AvgIpc) is 3.10. The third kappa shape index (κ3) is 5.81. The van der Waals surface area contributed by atoms with Crippen molar-refractivity contribution in [3.8, 4) is 5.69 Å². The number of esters is 1. The Morgan fingerprint density at radius 1 is 1.15 bits per heavy atom. The number of hydrogen-bond donors (Lipinski definition) is 0. The van der Waals surface area contributed by atoms with Gasteiger partial charge >= 0.3 is 5.97 Å². The molecule has 3 rings (SSSR count). The van der Waals surface area contributed by atoms with Gasteiger partial charge in [-0.3, -0.25) is 14.3 Å². The van der Waals surface area contributed by atoms with Crippen molar-refractivity contribution in [2.45, 2.75) is 50.7 Å². The largest absolute Gasteiger partial charge is 0.465 e. The molecule has 146 valence electrons. The number of unbranched alkanes of at least 4 members (excludes halogenated alkanes) is 1. The van der Waals surface area contributed by atoms with E-state index in [1.54, 1.807) is 0 Å². The first-order chi connectivity index (χ1) is 13.3. The van der Waals surface area contributed by atoms with Crippen LogP contribution in [0.2, 0.25) is 0 Å². The van der Waals surface area contributed by atoms with Gasteiger partial charge in [0.05, 0.1) is 18.9 Å². The van der Waals surface area contributed by atoms with Gasteiger partial charge in [-0.25, -0.2) is 0 Å². The number of carbonyl (C=O) groups excluding carboxylic acids is 1. The maximum absolute atomic E-state index is 12.0. The van der Waals surface area contributed by atoms with E-state index in [1.807, 2.05) is 30.3 Å². The lowest BCUT2D eigenvalue weighted by Crippen LogP contribution is -2.30. The van der Waals surface area contributed by atoms with Crippen molar-refractivity contribution in [2.75, 3.05) is 25.4 Å². The van der Waals surface area contributed by atoms with E-state index < -0.39 is 0 Å². The summed E-state index contributed by atoms with van der Waals surface area (Å²) in [6.07, 6.45) is 5.71. The monoisotopic (exact) mass is 388 g/mol. The predicted octanol–water partition coefficient (Wildman–Crippen LogP) is 3.69. The van der Waals surface area contributed by atoms with E-state index >= 15 is 0 Å². The normalized spacial score (nSPS) is 15.0. The van der Waals surface area contributed by atoms with Crippen molar-refractivity contribution < 1.29 is 9.53 Å². The molecule has 0 saturated carbocycles. The first-order valence-corrected chi connectivity index (χ1v) is 10.8. The number of nitrogens with zero attached hydrogens (tertiary/aromatic N) is 4. The van der Waals surface area contributed by atoms with Crippen LogP contribution in [0.3, 0.4) is 0 Å². The second-order valence-corrected chi connectivity index (χ2v) is 7.71. The maximum Gasteiger partial charge on any atom is 0.316 e. The Bertz CT molecular complexity index is 714. The minimum atomic E-state index is -0.200. The van der Waals surface area contributed by atoms with Crippen LogP contribution in [0, 0.1) is 0 Å². The van der Waals surface area contributed by atoms with E-state index in [2.05, 4.69) is 26.6 Å². The highest BCUT2D eigenvalue weighted by Gasteiger charge is 2.19. The SMILES string of the molecule is CCCCOC(=O)CSc1nnc(CN2CCCCC2)n1-c1ccccc1. The molecule has 2 aromatic rings. The third-order valence-corrected chi connectivity index (χ3v) is 5.51. The van der Waals surface area contributed by atoms with Crippen molar-refractivity contribution in [1.29, 1.82) is 0 Å². The predicted molar refractivity (Wildman–Crippen MR) is 107 cm³/mol. The van der Waals surface area contributed by atoms with Gasteiger partial charge in [0, 0.05) is 5.69 Å². The van der Waals surface area contributed by atoms with Crippen molar-refractivity contribution >= 4 is 17.7 Å². The fourth-order valence-electron chi connectivity index (χ4n) is 3.15. The van der Waals surface area contributed by atoms with Crippen molar-refractivity contribution in [1.82, 2.24) is 19.7 Å². The Kier molecular flexibility index (Phi) is 7.71. The first kappa shape index (κ1) is 19.9. The number of carbonyl (C=O) groups is 1. The van der Waals surface area contributed by atoms with E-state index in [9.17, 15) is 4.79 Å². The Hall–Kier alpha value is -1.86. The molecule has 2 heterocycles. The number of aromatic nitrogens is 3. The fraction of sp³-hybridized carbons (Fsp3) is 0.550. The van der Waals surface area contributed by atoms with E-state index in [4.69, 9.17) is 4.74 Å². The molecule has 1 aromatic heterocycles. The summed E-state index contributed by atoms with van der Waals surface area (Å²) < 4.78 is 7.32. The molecule has 1 aliphatic heterocycles. The number of thioether (sulfide) groups is 1. The lowest BCUT2D eigenvalue weighted by molar-refractivity contribution is -0.140. The third-order valence-electron chi connectivity index (χ3n) is 4.61. The lowest BCUT2D eigenvalue weighted by atomic mass is 10.1. The molecule has 6 nitrogen and oxygen atoms in total. The fourth-order valence-corrected chi connectivity index (χ4v) is 3.91. The molecular weight excluding hydrogens is 360 g/mol. The molecule has 0 amide bonds. The molecule has 0 atom stereocenters. The van der Waals surface area contributed by atoms with Crippen LogP contribution in [0.4, 0.5) is 0 Å². The Balaban J connectivity index is 1.72. The van der Waals surface area contributed by atoms with Crippen LogP contribution in [0.15, 0.2) is 35.5 Å². The highest BCUT2D eigenvalue weighted by atomic mass is 32.2.